The average molecular weight is 268 g/mol. The smallest absolute Gasteiger partial charge is 0.258 e. The molecule has 0 saturated carbocycles. The number of aromatic amines is 1. The Morgan fingerprint density at radius 2 is 2.20 bits per heavy atom. The predicted molar refractivity (Wildman–Crippen MR) is 73.0 cm³/mol. The summed E-state index contributed by atoms with van der Waals surface area (Å²) in [5.74, 6) is 0.713. The van der Waals surface area contributed by atoms with Gasteiger partial charge in [0, 0.05) is 23.5 Å². The summed E-state index contributed by atoms with van der Waals surface area (Å²) < 4.78 is 5.21. The molecule has 3 aromatic heterocycles. The fraction of sp³-hybridized carbons (Fsp3) is 0.143. The van der Waals surface area contributed by atoms with Crippen molar-refractivity contribution in [3.05, 3.63) is 52.6 Å². The number of nitrogens with zero attached hydrogens (tertiary/aromatic N) is 3. The topological polar surface area (TPSA) is 84.7 Å². The van der Waals surface area contributed by atoms with Gasteiger partial charge in [-0.1, -0.05) is 18.1 Å². The minimum Gasteiger partial charge on any atom is -0.334 e. The quantitative estimate of drug-likeness (QED) is 0.785. The van der Waals surface area contributed by atoms with Crippen LogP contribution in [-0.2, 0) is 6.42 Å². The molecule has 0 saturated heterocycles. The first-order valence-corrected chi connectivity index (χ1v) is 6.25. The van der Waals surface area contributed by atoms with E-state index in [1.54, 1.807) is 12.3 Å². The molecule has 0 amide bonds. The maximum absolute atomic E-state index is 11.6. The van der Waals surface area contributed by atoms with Gasteiger partial charge < -0.3 is 9.51 Å². The van der Waals surface area contributed by atoms with E-state index in [1.807, 2.05) is 25.1 Å². The first kappa shape index (κ1) is 12.3. The summed E-state index contributed by atoms with van der Waals surface area (Å²) in [5.41, 5.74) is 1.88. The van der Waals surface area contributed by atoms with Gasteiger partial charge in [0.05, 0.1) is 0 Å². The summed E-state index contributed by atoms with van der Waals surface area (Å²) in [6, 6.07) is 8.73. The van der Waals surface area contributed by atoms with E-state index in [2.05, 4.69) is 20.1 Å². The Kier molecular flexibility index (Phi) is 3.12. The lowest BCUT2D eigenvalue weighted by Gasteiger charge is -1.98. The number of hydrogen-bond donors (Lipinski definition) is 1. The van der Waals surface area contributed by atoms with E-state index < -0.39 is 0 Å². The maximum atomic E-state index is 11.6. The van der Waals surface area contributed by atoms with E-state index in [-0.39, 0.29) is 5.56 Å². The highest BCUT2D eigenvalue weighted by Crippen LogP contribution is 2.20. The number of pyridine rings is 2. The number of H-pyrrole nitrogens is 1. The summed E-state index contributed by atoms with van der Waals surface area (Å²) in [4.78, 5) is 22.7. The van der Waals surface area contributed by atoms with Crippen molar-refractivity contribution in [1.29, 1.82) is 0 Å². The summed E-state index contributed by atoms with van der Waals surface area (Å²) in [6.07, 6.45) is 2.39. The monoisotopic (exact) mass is 268 g/mol. The van der Waals surface area contributed by atoms with Crippen molar-refractivity contribution in [2.75, 3.05) is 0 Å². The minimum absolute atomic E-state index is 0.183. The largest absolute Gasteiger partial charge is 0.334 e. The van der Waals surface area contributed by atoms with Crippen LogP contribution >= 0.6 is 0 Å². The van der Waals surface area contributed by atoms with Gasteiger partial charge in [0.2, 0.25) is 11.4 Å². The lowest BCUT2D eigenvalue weighted by molar-refractivity contribution is 0.432. The molecule has 3 rings (SSSR count). The Balaban J connectivity index is 2.02. The zero-order chi connectivity index (χ0) is 13.9. The lowest BCUT2D eigenvalue weighted by Crippen LogP contribution is -2.07. The molecule has 3 aromatic rings. The normalized spacial score (nSPS) is 10.7. The average Bonchev–Trinajstić information content (AvgIpc) is 2.97. The Morgan fingerprint density at radius 1 is 1.30 bits per heavy atom. The minimum atomic E-state index is -0.183. The van der Waals surface area contributed by atoms with Crippen LogP contribution in [0.1, 0.15) is 12.6 Å². The second-order valence-electron chi connectivity index (χ2n) is 4.25. The van der Waals surface area contributed by atoms with Crippen molar-refractivity contribution in [1.82, 2.24) is 20.1 Å². The van der Waals surface area contributed by atoms with Crippen molar-refractivity contribution in [3.8, 4) is 23.0 Å². The van der Waals surface area contributed by atoms with Crippen LogP contribution in [0.5, 0.6) is 0 Å². The molecule has 0 aliphatic carbocycles. The van der Waals surface area contributed by atoms with Crippen molar-refractivity contribution < 1.29 is 4.52 Å². The Labute approximate surface area is 114 Å². The second-order valence-corrected chi connectivity index (χ2v) is 4.25. The third-order valence-corrected chi connectivity index (χ3v) is 2.85. The molecule has 0 spiro atoms. The van der Waals surface area contributed by atoms with Crippen LogP contribution < -0.4 is 5.56 Å². The fourth-order valence-corrected chi connectivity index (χ4v) is 1.85. The molecule has 0 fully saturated rings. The lowest BCUT2D eigenvalue weighted by atomic mass is 10.2. The van der Waals surface area contributed by atoms with Gasteiger partial charge in [0.15, 0.2) is 0 Å². The molecule has 20 heavy (non-hydrogen) atoms. The Morgan fingerprint density at radius 3 is 2.95 bits per heavy atom. The van der Waals surface area contributed by atoms with Gasteiger partial charge in [-0.3, -0.25) is 9.78 Å². The summed E-state index contributed by atoms with van der Waals surface area (Å²) in [7, 11) is 0. The van der Waals surface area contributed by atoms with Gasteiger partial charge in [-0.25, -0.2) is 0 Å². The van der Waals surface area contributed by atoms with Gasteiger partial charge in [0.25, 0.3) is 5.89 Å². The van der Waals surface area contributed by atoms with Crippen LogP contribution in [0, 0.1) is 0 Å². The number of hydrogen-bond acceptors (Lipinski definition) is 5. The standard InChI is InChI=1S/C14H12N4O2/c1-2-10-7-9(8-12(19)16-10)14-17-13(18-20-14)11-5-3-4-6-15-11/h3-8H,2H2,1H3,(H,16,19). The van der Waals surface area contributed by atoms with E-state index in [1.165, 1.54) is 6.07 Å². The predicted octanol–water partition coefficient (Wildman–Crippen LogP) is 2.05. The van der Waals surface area contributed by atoms with E-state index >= 15 is 0 Å². The van der Waals surface area contributed by atoms with E-state index in [9.17, 15) is 4.79 Å². The highest BCUT2D eigenvalue weighted by Gasteiger charge is 2.12. The fourth-order valence-electron chi connectivity index (χ4n) is 1.85. The SMILES string of the molecule is CCc1cc(-c2nc(-c3ccccn3)no2)cc(=O)[nH]1. The third kappa shape index (κ3) is 2.35. The molecule has 0 aliphatic heterocycles. The summed E-state index contributed by atoms with van der Waals surface area (Å²) >= 11 is 0. The van der Waals surface area contributed by atoms with E-state index in [4.69, 9.17) is 4.52 Å². The Bertz CT molecular complexity index is 777. The maximum Gasteiger partial charge on any atom is 0.258 e. The molecular weight excluding hydrogens is 256 g/mol. The molecule has 0 aromatic carbocycles. The van der Waals surface area contributed by atoms with Gasteiger partial charge in [-0.15, -0.1) is 0 Å². The van der Waals surface area contributed by atoms with E-state index in [0.717, 1.165) is 12.1 Å². The zero-order valence-corrected chi connectivity index (χ0v) is 10.8. The van der Waals surface area contributed by atoms with Gasteiger partial charge >= 0.3 is 0 Å². The van der Waals surface area contributed by atoms with Crippen LogP contribution in [0.15, 0.2) is 45.8 Å². The molecule has 6 heteroatoms. The molecule has 3 heterocycles. The molecular formula is C14H12N4O2. The summed E-state index contributed by atoms with van der Waals surface area (Å²) in [5, 5.41) is 3.89. The second kappa shape index (κ2) is 5.08. The van der Waals surface area contributed by atoms with Crippen LogP contribution in [0.25, 0.3) is 23.0 Å². The zero-order valence-electron chi connectivity index (χ0n) is 10.8. The highest BCUT2D eigenvalue weighted by atomic mass is 16.5. The van der Waals surface area contributed by atoms with Gasteiger partial charge in [-0.05, 0) is 24.6 Å². The van der Waals surface area contributed by atoms with Gasteiger partial charge in [-0.2, -0.15) is 4.98 Å². The molecule has 0 bridgehead atoms. The van der Waals surface area contributed by atoms with Crippen LogP contribution in [0.3, 0.4) is 0 Å². The number of nitrogens with one attached hydrogen (secondary N) is 1. The first-order valence-electron chi connectivity index (χ1n) is 6.25. The Hall–Kier alpha value is -2.76. The molecule has 6 nitrogen and oxygen atoms in total. The van der Waals surface area contributed by atoms with Crippen LogP contribution in [0.2, 0.25) is 0 Å². The van der Waals surface area contributed by atoms with Crippen molar-refractivity contribution >= 4 is 0 Å². The molecule has 0 aliphatic rings. The van der Waals surface area contributed by atoms with E-state index in [0.29, 0.717) is 23.0 Å². The molecule has 1 N–H and O–H groups in total. The van der Waals surface area contributed by atoms with Crippen LogP contribution in [0.4, 0.5) is 0 Å². The number of aromatic nitrogens is 4. The molecule has 0 atom stereocenters. The first-order chi connectivity index (χ1) is 9.76. The van der Waals surface area contributed by atoms with Crippen molar-refractivity contribution in [2.45, 2.75) is 13.3 Å². The molecule has 0 radical (unpaired) electrons. The highest BCUT2D eigenvalue weighted by molar-refractivity contribution is 5.57. The van der Waals surface area contributed by atoms with Crippen LogP contribution in [-0.4, -0.2) is 20.1 Å². The number of aryl methyl sites for hydroxylation is 1. The van der Waals surface area contributed by atoms with Gasteiger partial charge in [0.1, 0.15) is 5.69 Å². The number of rotatable bonds is 3. The van der Waals surface area contributed by atoms with Crippen molar-refractivity contribution in [3.63, 3.8) is 0 Å². The molecule has 100 valence electrons. The molecule has 0 unspecified atom stereocenters. The summed E-state index contributed by atoms with van der Waals surface area (Å²) in [6.45, 7) is 1.96. The van der Waals surface area contributed by atoms with Crippen molar-refractivity contribution in [2.24, 2.45) is 0 Å². The third-order valence-electron chi connectivity index (χ3n) is 2.85.